The lowest BCUT2D eigenvalue weighted by molar-refractivity contribution is -0.140. The summed E-state index contributed by atoms with van der Waals surface area (Å²) in [5.41, 5.74) is 0.0222. The first-order valence-electron chi connectivity index (χ1n) is 13.7. The molecule has 1 atom stereocenters. The number of alkyl halides is 3. The normalized spacial score (nSPS) is 12.6. The molecular weight excluding hydrogens is 603 g/mol. The lowest BCUT2D eigenvalue weighted by atomic mass is 10.1. The van der Waals surface area contributed by atoms with Crippen molar-refractivity contribution in [3.8, 4) is 0 Å². The van der Waals surface area contributed by atoms with E-state index in [0.29, 0.717) is 22.5 Å². The molecule has 3 aromatic rings. The summed E-state index contributed by atoms with van der Waals surface area (Å²) in [6.07, 6.45) is -4.66. The van der Waals surface area contributed by atoms with E-state index < -0.39 is 56.9 Å². The molecule has 232 valence electrons. The fourth-order valence-electron chi connectivity index (χ4n) is 4.37. The molecule has 0 aromatic heterocycles. The summed E-state index contributed by atoms with van der Waals surface area (Å²) in [4.78, 5) is 28.4. The van der Waals surface area contributed by atoms with E-state index in [1.54, 1.807) is 25.1 Å². The number of hydrogen-bond donors (Lipinski definition) is 1. The van der Waals surface area contributed by atoms with Crippen LogP contribution in [0.3, 0.4) is 0 Å². The van der Waals surface area contributed by atoms with Gasteiger partial charge in [-0.15, -0.1) is 0 Å². The molecule has 0 heterocycles. The minimum atomic E-state index is -4.88. The van der Waals surface area contributed by atoms with Crippen LogP contribution >= 0.6 is 11.6 Å². The minimum Gasteiger partial charge on any atom is -0.354 e. The molecule has 0 spiro atoms. The van der Waals surface area contributed by atoms with Crippen LogP contribution in [0.5, 0.6) is 0 Å². The van der Waals surface area contributed by atoms with Crippen LogP contribution in [0.15, 0.2) is 77.7 Å². The third-order valence-electron chi connectivity index (χ3n) is 6.70. The van der Waals surface area contributed by atoms with Gasteiger partial charge in [-0.2, -0.15) is 13.2 Å². The highest BCUT2D eigenvalue weighted by Crippen LogP contribution is 2.38. The van der Waals surface area contributed by atoms with Gasteiger partial charge < -0.3 is 10.2 Å². The van der Waals surface area contributed by atoms with E-state index in [-0.39, 0.29) is 23.8 Å². The summed E-state index contributed by atoms with van der Waals surface area (Å²) in [6.45, 7) is 6.93. The zero-order chi connectivity index (χ0) is 31.9. The summed E-state index contributed by atoms with van der Waals surface area (Å²) in [5.74, 6) is -1.04. The standard InChI is InChI=1S/C31H35ClF3N3O4S/c1-5-28(30(40)36-18-21(2)3)37(19-23-13-11-22(4)12-14-23)29(39)20-38(43(41,42)25-9-7-6-8-10-25)24-15-16-27(32)26(17-24)31(33,34)35/h6-17,21,28H,5,18-20H2,1-4H3,(H,36,40)/t28-/m0/s1. The Labute approximate surface area is 255 Å². The molecule has 0 radical (unpaired) electrons. The highest BCUT2D eigenvalue weighted by Gasteiger charge is 2.37. The number of sulfonamides is 1. The van der Waals surface area contributed by atoms with Crippen molar-refractivity contribution in [1.29, 1.82) is 0 Å². The lowest BCUT2D eigenvalue weighted by Gasteiger charge is -2.33. The van der Waals surface area contributed by atoms with E-state index in [1.165, 1.54) is 29.2 Å². The third-order valence-corrected chi connectivity index (χ3v) is 8.82. The molecule has 0 unspecified atom stereocenters. The summed E-state index contributed by atoms with van der Waals surface area (Å²) >= 11 is 5.81. The molecule has 0 saturated carbocycles. The fourth-order valence-corrected chi connectivity index (χ4v) is 6.02. The van der Waals surface area contributed by atoms with Crippen molar-refractivity contribution in [3.05, 3.63) is 94.5 Å². The van der Waals surface area contributed by atoms with E-state index in [1.807, 2.05) is 32.9 Å². The molecular formula is C31H35ClF3N3O4S. The van der Waals surface area contributed by atoms with Crippen molar-refractivity contribution in [3.63, 3.8) is 0 Å². The predicted molar refractivity (Wildman–Crippen MR) is 161 cm³/mol. The Hall–Kier alpha value is -3.57. The number of carbonyl (C=O) groups is 2. The van der Waals surface area contributed by atoms with Crippen LogP contribution < -0.4 is 9.62 Å². The number of hydrogen-bond acceptors (Lipinski definition) is 4. The monoisotopic (exact) mass is 637 g/mol. The fraction of sp³-hybridized carbons (Fsp3) is 0.355. The van der Waals surface area contributed by atoms with Crippen LogP contribution in [-0.4, -0.2) is 44.3 Å². The number of aryl methyl sites for hydroxylation is 1. The zero-order valence-corrected chi connectivity index (χ0v) is 25.9. The van der Waals surface area contributed by atoms with Gasteiger partial charge in [0.2, 0.25) is 11.8 Å². The average molecular weight is 638 g/mol. The maximum atomic E-state index is 14.1. The Balaban J connectivity index is 2.12. The molecule has 2 amide bonds. The van der Waals surface area contributed by atoms with Gasteiger partial charge in [0.05, 0.1) is 21.2 Å². The number of benzene rings is 3. The van der Waals surface area contributed by atoms with Gasteiger partial charge in [-0.05, 0) is 55.2 Å². The Bertz CT molecular complexity index is 1520. The van der Waals surface area contributed by atoms with Gasteiger partial charge >= 0.3 is 6.18 Å². The number of halogens is 4. The van der Waals surface area contributed by atoms with Crippen LogP contribution in [0.4, 0.5) is 18.9 Å². The largest absolute Gasteiger partial charge is 0.417 e. The van der Waals surface area contributed by atoms with Crippen molar-refractivity contribution in [1.82, 2.24) is 10.2 Å². The molecule has 3 aromatic carbocycles. The quantitative estimate of drug-likeness (QED) is 0.248. The van der Waals surface area contributed by atoms with Crippen molar-refractivity contribution in [2.24, 2.45) is 5.92 Å². The number of nitrogens with one attached hydrogen (secondary N) is 1. The predicted octanol–water partition coefficient (Wildman–Crippen LogP) is 6.44. The molecule has 43 heavy (non-hydrogen) atoms. The Morgan fingerprint density at radius 2 is 1.60 bits per heavy atom. The summed E-state index contributed by atoms with van der Waals surface area (Å²) < 4.78 is 69.6. The summed E-state index contributed by atoms with van der Waals surface area (Å²) in [7, 11) is -4.54. The molecule has 0 aliphatic carbocycles. The van der Waals surface area contributed by atoms with Gasteiger partial charge in [0.15, 0.2) is 0 Å². The highest BCUT2D eigenvalue weighted by molar-refractivity contribution is 7.92. The second-order valence-electron chi connectivity index (χ2n) is 10.6. The van der Waals surface area contributed by atoms with E-state index in [9.17, 15) is 31.2 Å². The van der Waals surface area contributed by atoms with Gasteiger partial charge in [0.1, 0.15) is 12.6 Å². The Morgan fingerprint density at radius 1 is 0.977 bits per heavy atom. The van der Waals surface area contributed by atoms with Crippen LogP contribution in [-0.2, 0) is 32.3 Å². The molecule has 0 saturated heterocycles. The van der Waals surface area contributed by atoms with E-state index in [2.05, 4.69) is 5.32 Å². The molecule has 7 nitrogen and oxygen atoms in total. The number of rotatable bonds is 12. The smallest absolute Gasteiger partial charge is 0.354 e. The number of carbonyl (C=O) groups excluding carboxylic acids is 2. The van der Waals surface area contributed by atoms with E-state index in [0.717, 1.165) is 17.7 Å². The molecule has 12 heteroatoms. The van der Waals surface area contributed by atoms with Crippen molar-refractivity contribution < 1.29 is 31.2 Å². The van der Waals surface area contributed by atoms with Crippen LogP contribution in [0.2, 0.25) is 5.02 Å². The first-order valence-corrected chi connectivity index (χ1v) is 15.5. The van der Waals surface area contributed by atoms with Gasteiger partial charge in [-0.25, -0.2) is 8.42 Å². The number of amides is 2. The van der Waals surface area contributed by atoms with Gasteiger partial charge in [0.25, 0.3) is 10.0 Å². The van der Waals surface area contributed by atoms with Crippen molar-refractivity contribution in [2.45, 2.75) is 57.8 Å². The molecule has 0 aliphatic rings. The van der Waals surface area contributed by atoms with Crippen LogP contribution in [0.25, 0.3) is 0 Å². The first-order chi connectivity index (χ1) is 20.1. The Kier molecular flexibility index (Phi) is 11.3. The second kappa shape index (κ2) is 14.3. The summed E-state index contributed by atoms with van der Waals surface area (Å²) in [6, 6.07) is 16.0. The summed E-state index contributed by atoms with van der Waals surface area (Å²) in [5, 5.41) is 2.21. The number of anilines is 1. The molecule has 0 aliphatic heterocycles. The Morgan fingerprint density at radius 3 is 2.16 bits per heavy atom. The maximum absolute atomic E-state index is 14.1. The van der Waals surface area contributed by atoms with Crippen LogP contribution in [0.1, 0.15) is 43.9 Å². The second-order valence-corrected chi connectivity index (χ2v) is 12.8. The maximum Gasteiger partial charge on any atom is 0.417 e. The topological polar surface area (TPSA) is 86.8 Å². The molecule has 1 N–H and O–H groups in total. The third kappa shape index (κ3) is 8.73. The van der Waals surface area contributed by atoms with Gasteiger partial charge in [0, 0.05) is 13.1 Å². The highest BCUT2D eigenvalue weighted by atomic mass is 35.5. The number of nitrogens with zero attached hydrogens (tertiary/aromatic N) is 2. The zero-order valence-electron chi connectivity index (χ0n) is 24.4. The minimum absolute atomic E-state index is 0.0274. The molecule has 3 rings (SSSR count). The van der Waals surface area contributed by atoms with E-state index >= 15 is 0 Å². The van der Waals surface area contributed by atoms with Crippen LogP contribution in [0, 0.1) is 12.8 Å². The average Bonchev–Trinajstić information content (AvgIpc) is 2.95. The van der Waals surface area contributed by atoms with Crippen molar-refractivity contribution >= 4 is 39.1 Å². The van der Waals surface area contributed by atoms with E-state index in [4.69, 9.17) is 11.6 Å². The SMILES string of the molecule is CC[C@@H](C(=O)NCC(C)C)N(Cc1ccc(C)cc1)C(=O)CN(c1ccc(Cl)c(C(F)(F)F)c1)S(=O)(=O)c1ccccc1. The molecule has 0 fully saturated rings. The van der Waals surface area contributed by atoms with Gasteiger partial charge in [-0.3, -0.25) is 13.9 Å². The van der Waals surface area contributed by atoms with Crippen molar-refractivity contribution in [2.75, 3.05) is 17.4 Å². The lowest BCUT2D eigenvalue weighted by Crippen LogP contribution is -2.52. The molecule has 0 bridgehead atoms. The first kappa shape index (κ1) is 33.9. The van der Waals surface area contributed by atoms with Gasteiger partial charge in [-0.1, -0.05) is 80.4 Å².